The van der Waals surface area contributed by atoms with E-state index in [0.717, 1.165) is 56.3 Å². The number of rotatable bonds is 7. The zero-order valence-electron chi connectivity index (χ0n) is 16.5. The Hall–Kier alpha value is -2.67. The van der Waals surface area contributed by atoms with Crippen molar-refractivity contribution in [2.45, 2.75) is 38.5 Å². The van der Waals surface area contributed by atoms with Crippen LogP contribution >= 0.6 is 0 Å². The highest BCUT2D eigenvalue weighted by atomic mass is 16.5. The Morgan fingerprint density at radius 2 is 1.96 bits per heavy atom. The van der Waals surface area contributed by atoms with Gasteiger partial charge in [-0.05, 0) is 43.9 Å². The van der Waals surface area contributed by atoms with E-state index in [4.69, 9.17) is 9.47 Å². The topological polar surface area (TPSA) is 73.6 Å². The van der Waals surface area contributed by atoms with Crippen LogP contribution in [0.15, 0.2) is 36.7 Å². The SMILES string of the molecule is CCOc1ccc(C2(CNc3cc(CC)nc4ncnn34)CCOCC2)cc1. The molecular formula is C21H27N5O2. The molecule has 4 rings (SSSR count). The van der Waals surface area contributed by atoms with Gasteiger partial charge in [-0.2, -0.15) is 14.6 Å². The molecule has 0 spiro atoms. The van der Waals surface area contributed by atoms with Gasteiger partial charge in [0.25, 0.3) is 5.78 Å². The molecule has 0 atom stereocenters. The summed E-state index contributed by atoms with van der Waals surface area (Å²) in [5, 5.41) is 7.96. The quantitative estimate of drug-likeness (QED) is 0.677. The zero-order chi connectivity index (χ0) is 19.4. The summed E-state index contributed by atoms with van der Waals surface area (Å²) in [5.74, 6) is 2.47. The zero-order valence-corrected chi connectivity index (χ0v) is 16.5. The van der Waals surface area contributed by atoms with Crippen LogP contribution in [0.25, 0.3) is 5.78 Å². The Bertz CT molecular complexity index is 916. The minimum Gasteiger partial charge on any atom is -0.494 e. The number of nitrogens with one attached hydrogen (secondary N) is 1. The fraction of sp³-hybridized carbons (Fsp3) is 0.476. The summed E-state index contributed by atoms with van der Waals surface area (Å²) in [7, 11) is 0. The predicted octanol–water partition coefficient (Wildman–Crippen LogP) is 3.25. The Labute approximate surface area is 165 Å². The van der Waals surface area contributed by atoms with Crippen molar-refractivity contribution in [2.75, 3.05) is 31.7 Å². The highest BCUT2D eigenvalue weighted by Crippen LogP contribution is 2.36. The fourth-order valence-electron chi connectivity index (χ4n) is 3.83. The first-order valence-corrected chi connectivity index (χ1v) is 9.99. The van der Waals surface area contributed by atoms with Crippen LogP contribution in [0.5, 0.6) is 5.75 Å². The van der Waals surface area contributed by atoms with Gasteiger partial charge in [0.2, 0.25) is 0 Å². The van der Waals surface area contributed by atoms with Crippen LogP contribution in [0.1, 0.15) is 37.9 Å². The van der Waals surface area contributed by atoms with Crippen LogP contribution in [0.4, 0.5) is 5.82 Å². The first-order valence-electron chi connectivity index (χ1n) is 9.99. The van der Waals surface area contributed by atoms with Gasteiger partial charge < -0.3 is 14.8 Å². The summed E-state index contributed by atoms with van der Waals surface area (Å²) in [4.78, 5) is 8.78. The number of benzene rings is 1. The summed E-state index contributed by atoms with van der Waals surface area (Å²) >= 11 is 0. The number of hydrogen-bond acceptors (Lipinski definition) is 6. The van der Waals surface area contributed by atoms with Crippen molar-refractivity contribution in [3.63, 3.8) is 0 Å². The molecular weight excluding hydrogens is 354 g/mol. The summed E-state index contributed by atoms with van der Waals surface area (Å²) in [6.45, 7) is 7.11. The van der Waals surface area contributed by atoms with Crippen molar-refractivity contribution >= 4 is 11.6 Å². The molecule has 1 aliphatic rings. The molecule has 7 heteroatoms. The van der Waals surface area contributed by atoms with E-state index in [1.165, 1.54) is 5.56 Å². The van der Waals surface area contributed by atoms with E-state index >= 15 is 0 Å². The van der Waals surface area contributed by atoms with Crippen molar-refractivity contribution < 1.29 is 9.47 Å². The summed E-state index contributed by atoms with van der Waals surface area (Å²) in [5.41, 5.74) is 2.32. The van der Waals surface area contributed by atoms with E-state index < -0.39 is 0 Å². The molecule has 2 aromatic heterocycles. The van der Waals surface area contributed by atoms with E-state index in [0.29, 0.717) is 12.4 Å². The van der Waals surface area contributed by atoms with E-state index in [1.54, 1.807) is 10.8 Å². The lowest BCUT2D eigenvalue weighted by Gasteiger charge is -2.38. The molecule has 28 heavy (non-hydrogen) atoms. The molecule has 7 nitrogen and oxygen atoms in total. The second-order valence-electron chi connectivity index (χ2n) is 7.16. The van der Waals surface area contributed by atoms with Crippen LogP contribution < -0.4 is 10.1 Å². The van der Waals surface area contributed by atoms with Crippen molar-refractivity contribution in [2.24, 2.45) is 0 Å². The summed E-state index contributed by atoms with van der Waals surface area (Å²) < 4.78 is 13.0. The minimum absolute atomic E-state index is 0.00550. The van der Waals surface area contributed by atoms with Gasteiger partial charge in [-0.1, -0.05) is 19.1 Å². The smallest absolute Gasteiger partial charge is 0.254 e. The van der Waals surface area contributed by atoms with Crippen LogP contribution in [0.3, 0.4) is 0 Å². The Morgan fingerprint density at radius 1 is 1.18 bits per heavy atom. The van der Waals surface area contributed by atoms with Crippen molar-refractivity contribution in [3.05, 3.63) is 47.9 Å². The third-order valence-corrected chi connectivity index (χ3v) is 5.50. The molecule has 1 N–H and O–H groups in total. The third kappa shape index (κ3) is 3.67. The van der Waals surface area contributed by atoms with Crippen LogP contribution in [-0.4, -0.2) is 45.9 Å². The van der Waals surface area contributed by atoms with Crippen molar-refractivity contribution in [3.8, 4) is 5.75 Å². The lowest BCUT2D eigenvalue weighted by atomic mass is 9.74. The average Bonchev–Trinajstić information content (AvgIpc) is 3.22. The molecule has 0 unspecified atom stereocenters. The molecule has 1 aliphatic heterocycles. The number of aryl methyl sites for hydroxylation is 1. The number of hydrogen-bond donors (Lipinski definition) is 1. The molecule has 1 fully saturated rings. The van der Waals surface area contributed by atoms with Gasteiger partial charge in [0, 0.05) is 36.9 Å². The predicted molar refractivity (Wildman–Crippen MR) is 108 cm³/mol. The first-order chi connectivity index (χ1) is 13.7. The normalized spacial score (nSPS) is 16.2. The molecule has 1 aromatic carbocycles. The lowest BCUT2D eigenvalue weighted by molar-refractivity contribution is 0.0543. The van der Waals surface area contributed by atoms with Gasteiger partial charge >= 0.3 is 0 Å². The first kappa shape index (κ1) is 18.7. The van der Waals surface area contributed by atoms with Crippen molar-refractivity contribution in [1.29, 1.82) is 0 Å². The Kier molecular flexibility index (Phi) is 5.43. The fourth-order valence-corrected chi connectivity index (χ4v) is 3.83. The molecule has 3 aromatic rings. The van der Waals surface area contributed by atoms with Gasteiger partial charge in [0.15, 0.2) is 0 Å². The number of nitrogens with zero attached hydrogens (tertiary/aromatic N) is 4. The van der Waals surface area contributed by atoms with Gasteiger partial charge in [-0.15, -0.1) is 0 Å². The molecule has 0 radical (unpaired) electrons. The van der Waals surface area contributed by atoms with Crippen molar-refractivity contribution in [1.82, 2.24) is 19.6 Å². The number of aromatic nitrogens is 4. The minimum atomic E-state index is 0.00550. The Balaban J connectivity index is 1.61. The van der Waals surface area contributed by atoms with Gasteiger partial charge in [-0.25, -0.2) is 4.98 Å². The van der Waals surface area contributed by atoms with E-state index in [2.05, 4.69) is 57.6 Å². The van der Waals surface area contributed by atoms with Gasteiger partial charge in [0.05, 0.1) is 6.61 Å². The van der Waals surface area contributed by atoms with E-state index in [-0.39, 0.29) is 5.41 Å². The average molecular weight is 381 g/mol. The number of fused-ring (bicyclic) bond motifs is 1. The maximum Gasteiger partial charge on any atom is 0.254 e. The molecule has 0 bridgehead atoms. The molecule has 0 aliphatic carbocycles. The molecule has 1 saturated heterocycles. The lowest BCUT2D eigenvalue weighted by Crippen LogP contribution is -2.40. The number of anilines is 1. The maximum absolute atomic E-state index is 5.66. The number of ether oxygens (including phenoxy) is 2. The molecule has 0 saturated carbocycles. The van der Waals surface area contributed by atoms with Crippen LogP contribution in [0, 0.1) is 0 Å². The largest absolute Gasteiger partial charge is 0.494 e. The monoisotopic (exact) mass is 381 g/mol. The standard InChI is InChI=1S/C21H27N5O2/c1-3-17-13-19(26-20(25-17)23-15-24-26)22-14-21(9-11-27-12-10-21)16-5-7-18(8-6-16)28-4-2/h5-8,13,15,22H,3-4,9-12,14H2,1-2H3. The summed E-state index contributed by atoms with van der Waals surface area (Å²) in [6, 6.07) is 10.6. The summed E-state index contributed by atoms with van der Waals surface area (Å²) in [6.07, 6.45) is 4.35. The van der Waals surface area contributed by atoms with Gasteiger partial charge in [0.1, 0.15) is 17.9 Å². The third-order valence-electron chi connectivity index (χ3n) is 5.50. The van der Waals surface area contributed by atoms with Crippen LogP contribution in [-0.2, 0) is 16.6 Å². The highest BCUT2D eigenvalue weighted by Gasteiger charge is 2.34. The molecule has 0 amide bonds. The van der Waals surface area contributed by atoms with E-state index in [9.17, 15) is 0 Å². The second kappa shape index (κ2) is 8.14. The highest BCUT2D eigenvalue weighted by molar-refractivity contribution is 5.46. The second-order valence-corrected chi connectivity index (χ2v) is 7.16. The molecule has 3 heterocycles. The van der Waals surface area contributed by atoms with E-state index in [1.807, 2.05) is 6.92 Å². The van der Waals surface area contributed by atoms with Crippen LogP contribution in [0.2, 0.25) is 0 Å². The molecule has 148 valence electrons. The van der Waals surface area contributed by atoms with Gasteiger partial charge in [-0.3, -0.25) is 0 Å². The maximum atomic E-state index is 5.66. The Morgan fingerprint density at radius 3 is 2.68 bits per heavy atom.